The second-order valence-corrected chi connectivity index (χ2v) is 6.59. The van der Waals surface area contributed by atoms with Gasteiger partial charge in [-0.2, -0.15) is 0 Å². The lowest BCUT2D eigenvalue weighted by Gasteiger charge is -2.13. The van der Waals surface area contributed by atoms with Crippen LogP contribution in [0.2, 0.25) is 0 Å². The third-order valence-electron chi connectivity index (χ3n) is 4.23. The topological polar surface area (TPSA) is 74.3 Å². The molecule has 1 amide bonds. The highest BCUT2D eigenvalue weighted by Gasteiger charge is 2.08. The van der Waals surface area contributed by atoms with Crippen LogP contribution in [-0.2, 0) is 0 Å². The van der Waals surface area contributed by atoms with Crippen molar-refractivity contribution < 1.29 is 9.59 Å². The minimum atomic E-state index is -0.220. The lowest BCUT2D eigenvalue weighted by Crippen LogP contribution is -2.13. The Balaban J connectivity index is 1.63. The number of benzene rings is 2. The molecule has 0 aliphatic carbocycles. The Labute approximate surface area is 164 Å². The average Bonchev–Trinajstić information content (AvgIpc) is 2.69. The number of anilines is 4. The van der Waals surface area contributed by atoms with E-state index < -0.39 is 0 Å². The van der Waals surface area contributed by atoms with Crippen molar-refractivity contribution in [3.05, 3.63) is 78.0 Å². The summed E-state index contributed by atoms with van der Waals surface area (Å²) in [6, 6.07) is 18.2. The Hall–Kier alpha value is -3.67. The number of hydrogen-bond donors (Lipinski definition) is 2. The Bertz CT molecular complexity index is 963. The number of nitrogens with one attached hydrogen (secondary N) is 2. The minimum Gasteiger partial charge on any atom is -0.378 e. The summed E-state index contributed by atoms with van der Waals surface area (Å²) in [6.45, 7) is 1.53. The largest absolute Gasteiger partial charge is 0.378 e. The average molecular weight is 374 g/mol. The van der Waals surface area contributed by atoms with Gasteiger partial charge in [0.05, 0.1) is 5.56 Å². The van der Waals surface area contributed by atoms with Crippen LogP contribution in [0.5, 0.6) is 0 Å². The van der Waals surface area contributed by atoms with Gasteiger partial charge >= 0.3 is 0 Å². The van der Waals surface area contributed by atoms with Crippen LogP contribution in [0.25, 0.3) is 0 Å². The number of carbonyl (C=O) groups excluding carboxylic acids is 2. The molecule has 2 N–H and O–H groups in total. The molecular weight excluding hydrogens is 352 g/mol. The van der Waals surface area contributed by atoms with Gasteiger partial charge in [-0.15, -0.1) is 0 Å². The van der Waals surface area contributed by atoms with E-state index >= 15 is 0 Å². The van der Waals surface area contributed by atoms with Gasteiger partial charge in [0.25, 0.3) is 5.91 Å². The SMILES string of the molecule is CC(=O)c1ccc(Nc2ccc(C(=O)Nc3ccc(N(C)C)cc3)cn2)cc1. The van der Waals surface area contributed by atoms with Gasteiger partial charge in [-0.25, -0.2) is 4.98 Å². The first-order chi connectivity index (χ1) is 13.4. The molecule has 0 radical (unpaired) electrons. The molecule has 1 heterocycles. The van der Waals surface area contributed by atoms with Crippen molar-refractivity contribution in [1.82, 2.24) is 4.98 Å². The van der Waals surface area contributed by atoms with Gasteiger partial charge in [0, 0.05) is 42.9 Å². The van der Waals surface area contributed by atoms with Crippen molar-refractivity contribution in [1.29, 1.82) is 0 Å². The smallest absolute Gasteiger partial charge is 0.257 e. The van der Waals surface area contributed by atoms with E-state index in [1.165, 1.54) is 13.1 Å². The number of ketones is 1. The van der Waals surface area contributed by atoms with Gasteiger partial charge in [-0.1, -0.05) is 0 Å². The number of carbonyl (C=O) groups is 2. The lowest BCUT2D eigenvalue weighted by molar-refractivity contribution is 0.101. The molecule has 0 spiro atoms. The molecule has 0 unspecified atom stereocenters. The number of Topliss-reactive ketones (excluding diaryl/α,β-unsaturated/α-hetero) is 1. The van der Waals surface area contributed by atoms with Crippen LogP contribution in [0.15, 0.2) is 66.9 Å². The van der Waals surface area contributed by atoms with Crippen LogP contribution in [0, 0.1) is 0 Å². The second kappa shape index (κ2) is 8.35. The fraction of sp³-hybridized carbons (Fsp3) is 0.136. The van der Waals surface area contributed by atoms with Crippen LogP contribution in [-0.4, -0.2) is 30.8 Å². The number of amides is 1. The molecule has 0 saturated carbocycles. The summed E-state index contributed by atoms with van der Waals surface area (Å²) in [5, 5.41) is 6.00. The van der Waals surface area contributed by atoms with E-state index in [0.717, 1.165) is 17.1 Å². The molecule has 0 saturated heterocycles. The molecule has 0 fully saturated rings. The fourth-order valence-electron chi connectivity index (χ4n) is 2.58. The maximum absolute atomic E-state index is 12.4. The highest BCUT2D eigenvalue weighted by Crippen LogP contribution is 2.18. The Morgan fingerprint density at radius 2 is 1.43 bits per heavy atom. The van der Waals surface area contributed by atoms with Crippen molar-refractivity contribution >= 4 is 34.6 Å². The van der Waals surface area contributed by atoms with Gasteiger partial charge in [0.2, 0.25) is 0 Å². The van der Waals surface area contributed by atoms with E-state index in [9.17, 15) is 9.59 Å². The number of nitrogens with zero attached hydrogens (tertiary/aromatic N) is 2. The Kier molecular flexibility index (Phi) is 5.69. The quantitative estimate of drug-likeness (QED) is 0.628. The number of pyridine rings is 1. The van der Waals surface area contributed by atoms with Crippen LogP contribution in [0.3, 0.4) is 0 Å². The maximum atomic E-state index is 12.4. The van der Waals surface area contributed by atoms with Crippen LogP contribution >= 0.6 is 0 Å². The minimum absolute atomic E-state index is 0.0244. The van der Waals surface area contributed by atoms with E-state index in [0.29, 0.717) is 16.9 Å². The third kappa shape index (κ3) is 4.73. The van der Waals surface area contributed by atoms with Crippen molar-refractivity contribution in [3.8, 4) is 0 Å². The zero-order valence-corrected chi connectivity index (χ0v) is 16.1. The van der Waals surface area contributed by atoms with Gasteiger partial charge in [0.15, 0.2) is 5.78 Å². The van der Waals surface area contributed by atoms with Gasteiger partial charge in [-0.05, 0) is 67.6 Å². The molecule has 1 aromatic heterocycles. The summed E-state index contributed by atoms with van der Waals surface area (Å²) < 4.78 is 0. The number of aromatic nitrogens is 1. The van der Waals surface area contributed by atoms with E-state index in [1.54, 1.807) is 24.3 Å². The van der Waals surface area contributed by atoms with E-state index in [-0.39, 0.29) is 11.7 Å². The summed E-state index contributed by atoms with van der Waals surface area (Å²) >= 11 is 0. The first kappa shape index (κ1) is 19.1. The van der Waals surface area contributed by atoms with Crippen molar-refractivity contribution in [3.63, 3.8) is 0 Å². The van der Waals surface area contributed by atoms with Crippen molar-refractivity contribution in [2.45, 2.75) is 6.92 Å². The van der Waals surface area contributed by atoms with Crippen LogP contribution in [0.1, 0.15) is 27.6 Å². The molecule has 6 heteroatoms. The highest BCUT2D eigenvalue weighted by atomic mass is 16.1. The normalized spacial score (nSPS) is 10.2. The molecule has 0 bridgehead atoms. The molecule has 142 valence electrons. The van der Waals surface area contributed by atoms with Crippen molar-refractivity contribution in [2.24, 2.45) is 0 Å². The zero-order chi connectivity index (χ0) is 20.1. The maximum Gasteiger partial charge on any atom is 0.257 e. The standard InChI is InChI=1S/C22H22N4O2/c1-15(27)16-4-7-18(8-5-16)24-21-13-6-17(14-23-21)22(28)25-19-9-11-20(12-10-19)26(2)3/h4-14H,1-3H3,(H,23,24)(H,25,28). The first-order valence-electron chi connectivity index (χ1n) is 8.85. The molecule has 0 aliphatic heterocycles. The molecular formula is C22H22N4O2. The van der Waals surface area contributed by atoms with Crippen LogP contribution < -0.4 is 15.5 Å². The molecule has 3 rings (SSSR count). The molecule has 3 aromatic rings. The second-order valence-electron chi connectivity index (χ2n) is 6.59. The molecule has 0 atom stereocenters. The number of hydrogen-bond acceptors (Lipinski definition) is 5. The predicted molar refractivity (Wildman–Crippen MR) is 113 cm³/mol. The zero-order valence-electron chi connectivity index (χ0n) is 16.1. The summed E-state index contributed by atoms with van der Waals surface area (Å²) in [4.78, 5) is 30.0. The summed E-state index contributed by atoms with van der Waals surface area (Å²) in [6.07, 6.45) is 1.52. The van der Waals surface area contributed by atoms with Gasteiger partial charge < -0.3 is 15.5 Å². The third-order valence-corrected chi connectivity index (χ3v) is 4.23. The summed E-state index contributed by atoms with van der Waals surface area (Å²) in [5.41, 5.74) is 3.73. The highest BCUT2D eigenvalue weighted by molar-refractivity contribution is 6.04. The van der Waals surface area contributed by atoms with Crippen LogP contribution in [0.4, 0.5) is 22.9 Å². The predicted octanol–water partition coefficient (Wildman–Crippen LogP) is 4.35. The molecule has 2 aromatic carbocycles. The number of rotatable bonds is 6. The van der Waals surface area contributed by atoms with Crippen molar-refractivity contribution in [2.75, 3.05) is 29.6 Å². The molecule has 6 nitrogen and oxygen atoms in total. The fourth-order valence-corrected chi connectivity index (χ4v) is 2.58. The molecule has 28 heavy (non-hydrogen) atoms. The lowest BCUT2D eigenvalue weighted by atomic mass is 10.1. The Morgan fingerprint density at radius 3 is 1.96 bits per heavy atom. The van der Waals surface area contributed by atoms with E-state index in [1.807, 2.05) is 55.4 Å². The van der Waals surface area contributed by atoms with Gasteiger partial charge in [0.1, 0.15) is 5.82 Å². The van der Waals surface area contributed by atoms with Gasteiger partial charge in [-0.3, -0.25) is 9.59 Å². The summed E-state index contributed by atoms with van der Waals surface area (Å²) in [7, 11) is 3.93. The monoisotopic (exact) mass is 374 g/mol. The Morgan fingerprint density at radius 1 is 0.821 bits per heavy atom. The summed E-state index contributed by atoms with van der Waals surface area (Å²) in [5.74, 6) is 0.418. The first-order valence-corrected chi connectivity index (χ1v) is 8.85. The molecule has 0 aliphatic rings. The van der Waals surface area contributed by atoms with E-state index in [4.69, 9.17) is 0 Å². The van der Waals surface area contributed by atoms with E-state index in [2.05, 4.69) is 15.6 Å².